The molecule has 5 heteroatoms. The number of rotatable bonds is 2. The maximum atomic E-state index is 11.7. The average molecular weight is 286 g/mol. The summed E-state index contributed by atoms with van der Waals surface area (Å²) in [6, 6.07) is 6.47. The van der Waals surface area contributed by atoms with Gasteiger partial charge >= 0.3 is 5.97 Å². The fourth-order valence-corrected chi connectivity index (χ4v) is 3.95. The first-order valence-electron chi connectivity index (χ1n) is 7.44. The number of hydrogen-bond donors (Lipinski definition) is 1. The fourth-order valence-electron chi connectivity index (χ4n) is 3.95. The molecule has 21 heavy (non-hydrogen) atoms. The first-order chi connectivity index (χ1) is 10.1. The maximum absolute atomic E-state index is 11.7. The molecule has 2 aliphatic rings. The van der Waals surface area contributed by atoms with Crippen LogP contribution in [0.1, 0.15) is 24.8 Å². The van der Waals surface area contributed by atoms with Gasteiger partial charge < -0.3 is 14.4 Å². The van der Waals surface area contributed by atoms with Gasteiger partial charge in [-0.15, -0.1) is 0 Å². The van der Waals surface area contributed by atoms with Gasteiger partial charge in [0.15, 0.2) is 5.58 Å². The topological polar surface area (TPSA) is 66.6 Å². The normalized spacial score (nSPS) is 28.2. The largest absolute Gasteiger partial charge is 0.481 e. The van der Waals surface area contributed by atoms with Gasteiger partial charge in [0.05, 0.1) is 5.41 Å². The van der Waals surface area contributed by atoms with Crippen molar-refractivity contribution in [2.24, 2.45) is 11.3 Å². The minimum atomic E-state index is -0.667. The van der Waals surface area contributed by atoms with E-state index in [1.807, 2.05) is 30.0 Å². The number of hydrogen-bond acceptors (Lipinski definition) is 4. The van der Waals surface area contributed by atoms with E-state index >= 15 is 0 Å². The van der Waals surface area contributed by atoms with Gasteiger partial charge in [-0.1, -0.05) is 12.5 Å². The van der Waals surface area contributed by atoms with Gasteiger partial charge in [0.25, 0.3) is 6.01 Å². The molecule has 0 radical (unpaired) electrons. The Balaban J connectivity index is 1.69. The highest BCUT2D eigenvalue weighted by Gasteiger charge is 2.55. The minimum absolute atomic E-state index is 0.215. The highest BCUT2D eigenvalue weighted by molar-refractivity contribution is 5.79. The number of fused-ring (bicyclic) bond motifs is 2. The predicted octanol–water partition coefficient (Wildman–Crippen LogP) is 2.83. The molecule has 1 N–H and O–H groups in total. The first-order valence-corrected chi connectivity index (χ1v) is 7.44. The highest BCUT2D eigenvalue weighted by Crippen LogP contribution is 2.49. The highest BCUT2D eigenvalue weighted by atomic mass is 16.4. The number of oxazole rings is 1. The second-order valence-electron chi connectivity index (χ2n) is 6.40. The fraction of sp³-hybridized carbons (Fsp3) is 0.500. The molecule has 4 rings (SSSR count). The minimum Gasteiger partial charge on any atom is -0.481 e. The van der Waals surface area contributed by atoms with Gasteiger partial charge in [-0.3, -0.25) is 4.79 Å². The van der Waals surface area contributed by atoms with Gasteiger partial charge in [0, 0.05) is 13.1 Å². The van der Waals surface area contributed by atoms with Crippen molar-refractivity contribution in [3.8, 4) is 0 Å². The average Bonchev–Trinajstić information content (AvgIpc) is 3.08. The predicted molar refractivity (Wildman–Crippen MR) is 78.4 cm³/mol. The standard InChI is InChI=1S/C16H18N2O3/c1-10-4-5-13-12(7-10)17-15(21-13)18-8-11-3-2-6-16(11,9-18)14(19)20/h4-5,7,11H,2-3,6,8-9H2,1H3,(H,19,20)/t11-,16+/m0/s1. The molecule has 1 aliphatic heterocycles. The van der Waals surface area contributed by atoms with Crippen LogP contribution in [0, 0.1) is 18.3 Å². The molecule has 1 aromatic heterocycles. The smallest absolute Gasteiger partial charge is 0.311 e. The van der Waals surface area contributed by atoms with Gasteiger partial charge in [0.1, 0.15) is 5.52 Å². The van der Waals surface area contributed by atoms with Gasteiger partial charge in [0.2, 0.25) is 0 Å². The third kappa shape index (κ3) is 1.76. The summed E-state index contributed by atoms with van der Waals surface area (Å²) in [6.45, 7) is 3.27. The summed E-state index contributed by atoms with van der Waals surface area (Å²) in [4.78, 5) is 18.3. The zero-order valence-corrected chi connectivity index (χ0v) is 12.0. The van der Waals surface area contributed by atoms with Crippen molar-refractivity contribution in [2.45, 2.75) is 26.2 Å². The second kappa shape index (κ2) is 4.23. The Morgan fingerprint density at radius 2 is 2.38 bits per heavy atom. The monoisotopic (exact) mass is 286 g/mol. The van der Waals surface area contributed by atoms with Crippen LogP contribution >= 0.6 is 0 Å². The van der Waals surface area contributed by atoms with E-state index in [9.17, 15) is 9.90 Å². The number of carboxylic acid groups (broad SMARTS) is 1. The third-order valence-electron chi connectivity index (χ3n) is 5.10. The van der Waals surface area contributed by atoms with Crippen LogP contribution in [0.2, 0.25) is 0 Å². The Morgan fingerprint density at radius 1 is 1.52 bits per heavy atom. The molecule has 0 amide bonds. The van der Waals surface area contributed by atoms with E-state index in [2.05, 4.69) is 4.98 Å². The van der Waals surface area contributed by atoms with Crippen molar-refractivity contribution >= 4 is 23.1 Å². The van der Waals surface area contributed by atoms with Crippen molar-refractivity contribution in [3.63, 3.8) is 0 Å². The van der Waals surface area contributed by atoms with Crippen LogP contribution in [0.15, 0.2) is 22.6 Å². The third-order valence-corrected chi connectivity index (χ3v) is 5.10. The zero-order valence-electron chi connectivity index (χ0n) is 12.0. The lowest BCUT2D eigenvalue weighted by molar-refractivity contribution is -0.149. The lowest BCUT2D eigenvalue weighted by Crippen LogP contribution is -2.35. The van der Waals surface area contributed by atoms with E-state index in [-0.39, 0.29) is 5.92 Å². The van der Waals surface area contributed by atoms with Crippen molar-refractivity contribution in [3.05, 3.63) is 23.8 Å². The number of anilines is 1. The van der Waals surface area contributed by atoms with E-state index in [0.717, 1.165) is 42.5 Å². The molecule has 1 aliphatic carbocycles. The second-order valence-corrected chi connectivity index (χ2v) is 6.40. The van der Waals surface area contributed by atoms with Crippen LogP contribution in [0.3, 0.4) is 0 Å². The van der Waals surface area contributed by atoms with E-state index in [1.165, 1.54) is 0 Å². The summed E-state index contributed by atoms with van der Waals surface area (Å²) in [6.07, 6.45) is 2.77. The number of aromatic nitrogens is 1. The van der Waals surface area contributed by atoms with Crippen LogP contribution in [0.4, 0.5) is 6.01 Å². The summed E-state index contributed by atoms with van der Waals surface area (Å²) in [7, 11) is 0. The number of aliphatic carboxylic acids is 1. The quantitative estimate of drug-likeness (QED) is 0.919. The van der Waals surface area contributed by atoms with Crippen molar-refractivity contribution < 1.29 is 14.3 Å². The molecule has 2 fully saturated rings. The van der Waals surface area contributed by atoms with Gasteiger partial charge in [-0.2, -0.15) is 4.98 Å². The van der Waals surface area contributed by atoms with Crippen molar-refractivity contribution in [1.29, 1.82) is 0 Å². The number of benzene rings is 1. The molecule has 2 atom stereocenters. The molecule has 0 bridgehead atoms. The van der Waals surface area contributed by atoms with Crippen LogP contribution in [-0.2, 0) is 4.79 Å². The maximum Gasteiger partial charge on any atom is 0.311 e. The van der Waals surface area contributed by atoms with Gasteiger partial charge in [-0.05, 0) is 43.4 Å². The van der Waals surface area contributed by atoms with Crippen LogP contribution in [-0.4, -0.2) is 29.1 Å². The van der Waals surface area contributed by atoms with Crippen LogP contribution in [0.5, 0.6) is 0 Å². The van der Waals surface area contributed by atoms with E-state index in [0.29, 0.717) is 12.6 Å². The summed E-state index contributed by atoms with van der Waals surface area (Å²) in [5, 5.41) is 9.64. The SMILES string of the molecule is Cc1ccc2oc(N3C[C@@H]4CCC[C@@]4(C(=O)O)C3)nc2c1. The summed E-state index contributed by atoms with van der Waals surface area (Å²) in [5.74, 6) is -0.453. The molecule has 0 unspecified atom stereocenters. The van der Waals surface area contributed by atoms with Crippen molar-refractivity contribution in [2.75, 3.05) is 18.0 Å². The molecular weight excluding hydrogens is 268 g/mol. The van der Waals surface area contributed by atoms with Crippen molar-refractivity contribution in [1.82, 2.24) is 4.98 Å². The molecule has 2 aromatic rings. The number of aryl methyl sites for hydroxylation is 1. The first kappa shape index (κ1) is 12.7. The Kier molecular flexibility index (Phi) is 2.55. The Morgan fingerprint density at radius 3 is 3.14 bits per heavy atom. The lowest BCUT2D eigenvalue weighted by atomic mass is 9.81. The molecule has 2 heterocycles. The number of carboxylic acids is 1. The number of nitrogens with zero attached hydrogens (tertiary/aromatic N) is 2. The zero-order chi connectivity index (χ0) is 14.6. The van der Waals surface area contributed by atoms with Crippen LogP contribution in [0.25, 0.3) is 11.1 Å². The summed E-state index contributed by atoms with van der Waals surface area (Å²) >= 11 is 0. The molecule has 1 saturated carbocycles. The molecule has 0 spiro atoms. The van der Waals surface area contributed by atoms with Crippen LogP contribution < -0.4 is 4.90 Å². The van der Waals surface area contributed by atoms with E-state index < -0.39 is 11.4 Å². The Hall–Kier alpha value is -2.04. The lowest BCUT2D eigenvalue weighted by Gasteiger charge is -2.22. The summed E-state index contributed by atoms with van der Waals surface area (Å²) in [5.41, 5.74) is 2.14. The molecule has 5 nitrogen and oxygen atoms in total. The Bertz CT molecular complexity index is 723. The molecule has 110 valence electrons. The van der Waals surface area contributed by atoms with E-state index in [1.54, 1.807) is 0 Å². The van der Waals surface area contributed by atoms with E-state index in [4.69, 9.17) is 4.42 Å². The molecular formula is C16H18N2O3. The van der Waals surface area contributed by atoms with Gasteiger partial charge in [-0.25, -0.2) is 0 Å². The molecule has 1 saturated heterocycles. The number of carbonyl (C=O) groups is 1. The Labute approximate surface area is 122 Å². The summed E-state index contributed by atoms with van der Waals surface area (Å²) < 4.78 is 5.82. The molecule has 1 aromatic carbocycles.